The fourth-order valence-corrected chi connectivity index (χ4v) is 2.22. The first-order chi connectivity index (χ1) is 9.19. The van der Waals surface area contributed by atoms with E-state index in [2.05, 4.69) is 46.4 Å². The van der Waals surface area contributed by atoms with Gasteiger partial charge >= 0.3 is 0 Å². The number of nitrogens with one attached hydrogen (secondary N) is 1. The Bertz CT molecular complexity index is 525. The fourth-order valence-electron chi connectivity index (χ4n) is 1.95. The largest absolute Gasteiger partial charge is 0.392 e. The maximum atomic E-state index is 9.15. The molecule has 0 saturated heterocycles. The fraction of sp³-hybridized carbons (Fsp3) is 0.250. The van der Waals surface area contributed by atoms with Crippen molar-refractivity contribution in [2.75, 3.05) is 0 Å². The Labute approximate surface area is 122 Å². The Morgan fingerprint density at radius 2 is 1.84 bits per heavy atom. The lowest BCUT2D eigenvalue weighted by atomic mass is 10.1. The van der Waals surface area contributed by atoms with Crippen molar-refractivity contribution in [1.82, 2.24) is 5.32 Å². The van der Waals surface area contributed by atoms with E-state index in [1.165, 1.54) is 11.1 Å². The molecule has 2 nitrogen and oxygen atoms in total. The Kier molecular flexibility index (Phi) is 5.14. The van der Waals surface area contributed by atoms with E-state index >= 15 is 0 Å². The van der Waals surface area contributed by atoms with Gasteiger partial charge in [-0.25, -0.2) is 0 Å². The number of aliphatic hydroxyl groups excluding tert-OH is 1. The van der Waals surface area contributed by atoms with Crippen molar-refractivity contribution in [3.8, 4) is 0 Å². The van der Waals surface area contributed by atoms with Crippen LogP contribution in [0.5, 0.6) is 0 Å². The van der Waals surface area contributed by atoms with Crippen molar-refractivity contribution in [2.45, 2.75) is 26.1 Å². The third-order valence-electron chi connectivity index (χ3n) is 3.16. The van der Waals surface area contributed by atoms with Crippen molar-refractivity contribution in [3.63, 3.8) is 0 Å². The average Bonchev–Trinajstić information content (AvgIpc) is 2.46. The molecule has 19 heavy (non-hydrogen) atoms. The second-order valence-electron chi connectivity index (χ2n) is 4.63. The molecule has 2 N–H and O–H groups in total. The average molecular weight is 320 g/mol. The van der Waals surface area contributed by atoms with Crippen LogP contribution in [0.4, 0.5) is 0 Å². The molecule has 0 bridgehead atoms. The SMILES string of the molecule is CC(NCc1ccc(Br)cc1)c1cccc(CO)c1. The normalized spacial score (nSPS) is 12.4. The molecule has 0 aromatic heterocycles. The minimum atomic E-state index is 0.0905. The quantitative estimate of drug-likeness (QED) is 0.878. The lowest BCUT2D eigenvalue weighted by Gasteiger charge is -2.15. The lowest BCUT2D eigenvalue weighted by molar-refractivity contribution is 0.281. The molecular formula is C16H18BrNO. The number of hydrogen-bond donors (Lipinski definition) is 2. The Morgan fingerprint density at radius 1 is 1.11 bits per heavy atom. The predicted octanol–water partition coefficient (Wildman–Crippen LogP) is 3.79. The summed E-state index contributed by atoms with van der Waals surface area (Å²) < 4.78 is 1.10. The molecule has 1 unspecified atom stereocenters. The summed E-state index contributed by atoms with van der Waals surface area (Å²) in [5, 5.41) is 12.6. The molecule has 0 fully saturated rings. The van der Waals surface area contributed by atoms with E-state index in [9.17, 15) is 0 Å². The van der Waals surface area contributed by atoms with E-state index in [0.29, 0.717) is 0 Å². The summed E-state index contributed by atoms with van der Waals surface area (Å²) in [6.07, 6.45) is 0. The number of halogens is 1. The van der Waals surface area contributed by atoms with Gasteiger partial charge in [0.2, 0.25) is 0 Å². The second kappa shape index (κ2) is 6.85. The zero-order chi connectivity index (χ0) is 13.7. The maximum Gasteiger partial charge on any atom is 0.0681 e. The third kappa shape index (κ3) is 4.16. The Hall–Kier alpha value is -1.16. The van der Waals surface area contributed by atoms with Crippen molar-refractivity contribution in [2.24, 2.45) is 0 Å². The van der Waals surface area contributed by atoms with Crippen LogP contribution in [0.25, 0.3) is 0 Å². The molecular weight excluding hydrogens is 302 g/mol. The summed E-state index contributed by atoms with van der Waals surface area (Å²) in [7, 11) is 0. The maximum absolute atomic E-state index is 9.15. The van der Waals surface area contributed by atoms with Crippen LogP contribution < -0.4 is 5.32 Å². The van der Waals surface area contributed by atoms with Gasteiger partial charge in [-0.2, -0.15) is 0 Å². The lowest BCUT2D eigenvalue weighted by Crippen LogP contribution is -2.18. The van der Waals surface area contributed by atoms with Crippen LogP contribution in [0.15, 0.2) is 53.0 Å². The van der Waals surface area contributed by atoms with Crippen molar-refractivity contribution < 1.29 is 5.11 Å². The van der Waals surface area contributed by atoms with E-state index < -0.39 is 0 Å². The molecule has 1 atom stereocenters. The van der Waals surface area contributed by atoms with Gasteiger partial charge in [0.1, 0.15) is 0 Å². The molecule has 0 heterocycles. The number of hydrogen-bond acceptors (Lipinski definition) is 2. The van der Waals surface area contributed by atoms with Gasteiger partial charge in [-0.15, -0.1) is 0 Å². The molecule has 0 aliphatic rings. The molecule has 0 saturated carbocycles. The molecule has 0 radical (unpaired) electrons. The van der Waals surface area contributed by atoms with Gasteiger partial charge in [0.25, 0.3) is 0 Å². The highest BCUT2D eigenvalue weighted by atomic mass is 79.9. The summed E-state index contributed by atoms with van der Waals surface area (Å²) in [5.41, 5.74) is 3.41. The van der Waals surface area contributed by atoms with Crippen LogP contribution in [-0.4, -0.2) is 5.11 Å². The van der Waals surface area contributed by atoms with Crippen LogP contribution in [-0.2, 0) is 13.2 Å². The topological polar surface area (TPSA) is 32.3 Å². The van der Waals surface area contributed by atoms with Gasteiger partial charge in [-0.05, 0) is 35.7 Å². The van der Waals surface area contributed by atoms with Crippen molar-refractivity contribution in [1.29, 1.82) is 0 Å². The van der Waals surface area contributed by atoms with Crippen LogP contribution in [0.3, 0.4) is 0 Å². The van der Waals surface area contributed by atoms with Gasteiger partial charge in [-0.1, -0.05) is 52.3 Å². The van der Waals surface area contributed by atoms with Gasteiger partial charge in [0.15, 0.2) is 0 Å². The summed E-state index contributed by atoms with van der Waals surface area (Å²) in [6, 6.07) is 16.6. The summed E-state index contributed by atoms with van der Waals surface area (Å²) in [5.74, 6) is 0. The minimum absolute atomic E-state index is 0.0905. The molecule has 0 aliphatic heterocycles. The molecule has 0 amide bonds. The first kappa shape index (κ1) is 14.3. The smallest absolute Gasteiger partial charge is 0.0681 e. The second-order valence-corrected chi connectivity index (χ2v) is 5.55. The monoisotopic (exact) mass is 319 g/mol. The predicted molar refractivity (Wildman–Crippen MR) is 81.8 cm³/mol. The molecule has 2 aromatic carbocycles. The minimum Gasteiger partial charge on any atom is -0.392 e. The van der Waals surface area contributed by atoms with E-state index in [4.69, 9.17) is 5.11 Å². The number of aliphatic hydroxyl groups is 1. The molecule has 0 aliphatic carbocycles. The van der Waals surface area contributed by atoms with Crippen LogP contribution in [0.2, 0.25) is 0 Å². The van der Waals surface area contributed by atoms with Gasteiger partial charge in [0, 0.05) is 17.1 Å². The zero-order valence-corrected chi connectivity index (χ0v) is 12.5. The first-order valence-corrected chi connectivity index (χ1v) is 7.16. The first-order valence-electron chi connectivity index (χ1n) is 6.36. The third-order valence-corrected chi connectivity index (χ3v) is 3.69. The van der Waals surface area contributed by atoms with E-state index in [0.717, 1.165) is 16.6 Å². The highest BCUT2D eigenvalue weighted by Crippen LogP contribution is 2.16. The summed E-state index contributed by atoms with van der Waals surface area (Å²) in [4.78, 5) is 0. The zero-order valence-electron chi connectivity index (χ0n) is 10.9. The van der Waals surface area contributed by atoms with E-state index in [1.54, 1.807) is 0 Å². The summed E-state index contributed by atoms with van der Waals surface area (Å²) >= 11 is 3.43. The highest BCUT2D eigenvalue weighted by Gasteiger charge is 2.05. The molecule has 0 spiro atoms. The van der Waals surface area contributed by atoms with Gasteiger partial charge in [0.05, 0.1) is 6.61 Å². The van der Waals surface area contributed by atoms with Gasteiger partial charge < -0.3 is 10.4 Å². The number of benzene rings is 2. The summed E-state index contributed by atoms with van der Waals surface area (Å²) in [6.45, 7) is 3.06. The molecule has 3 heteroatoms. The van der Waals surface area contributed by atoms with E-state index in [-0.39, 0.29) is 12.6 Å². The molecule has 2 rings (SSSR count). The number of rotatable bonds is 5. The van der Waals surface area contributed by atoms with Crippen LogP contribution in [0, 0.1) is 0 Å². The molecule has 2 aromatic rings. The standard InChI is InChI=1S/C16H18BrNO/c1-12(15-4-2-3-14(9-15)11-19)18-10-13-5-7-16(17)8-6-13/h2-9,12,18-19H,10-11H2,1H3. The van der Waals surface area contributed by atoms with Crippen molar-refractivity contribution in [3.05, 3.63) is 69.7 Å². The Balaban J connectivity index is 1.96. The Morgan fingerprint density at radius 3 is 2.53 bits per heavy atom. The highest BCUT2D eigenvalue weighted by molar-refractivity contribution is 9.10. The van der Waals surface area contributed by atoms with E-state index in [1.807, 2.05) is 30.3 Å². The van der Waals surface area contributed by atoms with Gasteiger partial charge in [-0.3, -0.25) is 0 Å². The van der Waals surface area contributed by atoms with Crippen molar-refractivity contribution >= 4 is 15.9 Å². The van der Waals surface area contributed by atoms with Crippen LogP contribution in [0.1, 0.15) is 29.7 Å². The van der Waals surface area contributed by atoms with Crippen LogP contribution >= 0.6 is 15.9 Å². The molecule has 100 valence electrons.